The Morgan fingerprint density at radius 2 is 1.97 bits per heavy atom. The zero-order valence-electron chi connectivity index (χ0n) is 20.1. The van der Waals surface area contributed by atoms with Crippen molar-refractivity contribution < 1.29 is 9.47 Å². The van der Waals surface area contributed by atoms with Crippen LogP contribution in [0.5, 0.6) is 5.75 Å². The van der Waals surface area contributed by atoms with Gasteiger partial charge in [-0.3, -0.25) is 4.90 Å². The molecule has 7 nitrogen and oxygen atoms in total. The van der Waals surface area contributed by atoms with Crippen molar-refractivity contribution in [1.82, 2.24) is 19.8 Å². The van der Waals surface area contributed by atoms with Gasteiger partial charge in [-0.25, -0.2) is 9.97 Å². The van der Waals surface area contributed by atoms with E-state index in [0.29, 0.717) is 12.6 Å². The molecule has 1 aromatic heterocycles. The number of hydrogen-bond donors (Lipinski definition) is 0. The molecule has 1 unspecified atom stereocenters. The van der Waals surface area contributed by atoms with E-state index in [-0.39, 0.29) is 0 Å². The normalized spacial score (nSPS) is 20.6. The molecule has 32 heavy (non-hydrogen) atoms. The number of ether oxygens (including phenoxy) is 2. The molecule has 2 aromatic rings. The number of anilines is 1. The van der Waals surface area contributed by atoms with Crippen LogP contribution >= 0.6 is 0 Å². The van der Waals surface area contributed by atoms with E-state index in [1.54, 1.807) is 0 Å². The van der Waals surface area contributed by atoms with E-state index >= 15 is 0 Å². The molecule has 0 amide bonds. The largest absolute Gasteiger partial charge is 0.494 e. The Bertz CT molecular complexity index is 871. The van der Waals surface area contributed by atoms with Crippen LogP contribution in [-0.2, 0) is 4.74 Å². The summed E-state index contributed by atoms with van der Waals surface area (Å²) in [5.74, 6) is 1.75. The Kier molecular flexibility index (Phi) is 8.16. The smallest absolute Gasteiger partial charge is 0.226 e. The Balaban J connectivity index is 1.33. The Labute approximate surface area is 192 Å². The monoisotopic (exact) mass is 441 g/mol. The first-order chi connectivity index (χ1) is 15.6. The molecule has 0 radical (unpaired) electrons. The van der Waals surface area contributed by atoms with Crippen LogP contribution in [-0.4, -0.2) is 91.9 Å². The van der Waals surface area contributed by atoms with Gasteiger partial charge in [0.25, 0.3) is 0 Å². The van der Waals surface area contributed by atoms with Gasteiger partial charge in [0.1, 0.15) is 5.75 Å². The molecule has 0 N–H and O–H groups in total. The van der Waals surface area contributed by atoms with Crippen molar-refractivity contribution in [2.24, 2.45) is 0 Å². The van der Waals surface area contributed by atoms with Gasteiger partial charge in [-0.05, 0) is 77.9 Å². The minimum Gasteiger partial charge on any atom is -0.494 e. The van der Waals surface area contributed by atoms with Crippen molar-refractivity contribution in [2.75, 3.05) is 71.0 Å². The second-order valence-electron chi connectivity index (χ2n) is 9.08. The second-order valence-corrected chi connectivity index (χ2v) is 9.08. The minimum absolute atomic E-state index is 0.639. The Hall–Kier alpha value is -1.96. The van der Waals surface area contributed by atoms with Gasteiger partial charge in [-0.15, -0.1) is 0 Å². The molecule has 0 spiro atoms. The summed E-state index contributed by atoms with van der Waals surface area (Å²) < 4.78 is 11.1. The summed E-state index contributed by atoms with van der Waals surface area (Å²) in [4.78, 5) is 17.3. The Morgan fingerprint density at radius 1 is 1.12 bits per heavy atom. The average Bonchev–Trinajstić information content (AvgIpc) is 3.07. The number of morpholine rings is 1. The molecule has 7 heteroatoms. The predicted octanol–water partition coefficient (Wildman–Crippen LogP) is 3.35. The van der Waals surface area contributed by atoms with Gasteiger partial charge in [0.15, 0.2) is 0 Å². The van der Waals surface area contributed by atoms with E-state index in [1.165, 1.54) is 25.8 Å². The number of aromatic nitrogens is 2. The van der Waals surface area contributed by atoms with Crippen LogP contribution in [0.2, 0.25) is 0 Å². The van der Waals surface area contributed by atoms with Crippen molar-refractivity contribution in [3.63, 3.8) is 0 Å². The standard InChI is InChI=1S/C25H39N5O2/c1-4-32-22-8-9-24-23(19-22)20(2)26-25(27-24)30-13-5-7-21(10-14-30)28(3)11-6-12-29-15-17-31-18-16-29/h8-9,19,21H,4-7,10-18H2,1-3H3. The van der Waals surface area contributed by atoms with E-state index in [2.05, 4.69) is 40.8 Å². The summed E-state index contributed by atoms with van der Waals surface area (Å²) in [7, 11) is 2.30. The first-order valence-electron chi connectivity index (χ1n) is 12.3. The van der Waals surface area contributed by atoms with E-state index in [4.69, 9.17) is 19.4 Å². The van der Waals surface area contributed by atoms with Crippen molar-refractivity contribution in [1.29, 1.82) is 0 Å². The lowest BCUT2D eigenvalue weighted by Crippen LogP contribution is -2.39. The fraction of sp³-hybridized carbons (Fsp3) is 0.680. The molecular weight excluding hydrogens is 402 g/mol. The summed E-state index contributed by atoms with van der Waals surface area (Å²) in [6.07, 6.45) is 4.82. The van der Waals surface area contributed by atoms with Gasteiger partial charge in [0, 0.05) is 37.6 Å². The van der Waals surface area contributed by atoms with Crippen molar-refractivity contribution in [3.05, 3.63) is 23.9 Å². The highest BCUT2D eigenvalue weighted by atomic mass is 16.5. The van der Waals surface area contributed by atoms with Crippen molar-refractivity contribution in [2.45, 2.75) is 45.6 Å². The number of rotatable bonds is 8. The number of benzene rings is 1. The molecule has 2 aliphatic heterocycles. The molecular formula is C25H39N5O2. The highest BCUT2D eigenvalue weighted by Crippen LogP contribution is 2.26. The third-order valence-corrected chi connectivity index (χ3v) is 6.85. The van der Waals surface area contributed by atoms with Crippen LogP contribution in [0, 0.1) is 6.92 Å². The summed E-state index contributed by atoms with van der Waals surface area (Å²) >= 11 is 0. The molecule has 0 bridgehead atoms. The number of hydrogen-bond acceptors (Lipinski definition) is 7. The van der Waals surface area contributed by atoms with E-state index in [9.17, 15) is 0 Å². The number of nitrogens with zero attached hydrogens (tertiary/aromatic N) is 5. The van der Waals surface area contributed by atoms with Gasteiger partial charge < -0.3 is 19.3 Å². The summed E-state index contributed by atoms with van der Waals surface area (Å²) in [6, 6.07) is 6.76. The highest BCUT2D eigenvalue weighted by Gasteiger charge is 2.22. The molecule has 0 saturated carbocycles. The molecule has 0 aliphatic carbocycles. The molecule has 4 rings (SSSR count). The molecule has 1 atom stereocenters. The zero-order chi connectivity index (χ0) is 22.3. The second kappa shape index (κ2) is 11.3. The molecule has 176 valence electrons. The van der Waals surface area contributed by atoms with E-state index in [1.807, 2.05) is 13.0 Å². The third-order valence-electron chi connectivity index (χ3n) is 6.85. The highest BCUT2D eigenvalue weighted by molar-refractivity contribution is 5.83. The molecule has 2 aliphatic rings. The molecule has 3 heterocycles. The first kappa shape index (κ1) is 23.2. The maximum atomic E-state index is 5.65. The number of aryl methyl sites for hydroxylation is 1. The fourth-order valence-electron chi connectivity index (χ4n) is 4.91. The lowest BCUT2D eigenvalue weighted by atomic mass is 10.1. The summed E-state index contributed by atoms with van der Waals surface area (Å²) in [5, 5.41) is 1.08. The Morgan fingerprint density at radius 3 is 2.78 bits per heavy atom. The topological polar surface area (TPSA) is 54.0 Å². The predicted molar refractivity (Wildman–Crippen MR) is 130 cm³/mol. The van der Waals surface area contributed by atoms with Crippen LogP contribution in [0.25, 0.3) is 10.9 Å². The average molecular weight is 442 g/mol. The van der Waals surface area contributed by atoms with Crippen molar-refractivity contribution >= 4 is 16.9 Å². The molecule has 2 saturated heterocycles. The van der Waals surface area contributed by atoms with Crippen LogP contribution < -0.4 is 9.64 Å². The lowest BCUT2D eigenvalue weighted by Gasteiger charge is -2.30. The third kappa shape index (κ3) is 5.88. The first-order valence-corrected chi connectivity index (χ1v) is 12.3. The van der Waals surface area contributed by atoms with Crippen LogP contribution in [0.1, 0.15) is 38.3 Å². The van der Waals surface area contributed by atoms with Crippen LogP contribution in [0.4, 0.5) is 5.95 Å². The minimum atomic E-state index is 0.639. The molecule has 1 aromatic carbocycles. The van der Waals surface area contributed by atoms with Gasteiger partial charge in [-0.1, -0.05) is 0 Å². The maximum absolute atomic E-state index is 5.65. The maximum Gasteiger partial charge on any atom is 0.226 e. The number of fused-ring (bicyclic) bond motifs is 1. The van der Waals surface area contributed by atoms with Gasteiger partial charge in [-0.2, -0.15) is 0 Å². The van der Waals surface area contributed by atoms with Crippen molar-refractivity contribution in [3.8, 4) is 5.75 Å². The summed E-state index contributed by atoms with van der Waals surface area (Å²) in [5.41, 5.74) is 2.02. The zero-order valence-corrected chi connectivity index (χ0v) is 20.1. The quantitative estimate of drug-likeness (QED) is 0.623. The van der Waals surface area contributed by atoms with Gasteiger partial charge in [0.05, 0.1) is 31.0 Å². The van der Waals surface area contributed by atoms with Crippen LogP contribution in [0.15, 0.2) is 18.2 Å². The fourth-order valence-corrected chi connectivity index (χ4v) is 4.91. The van der Waals surface area contributed by atoms with E-state index < -0.39 is 0 Å². The van der Waals surface area contributed by atoms with Gasteiger partial charge >= 0.3 is 0 Å². The van der Waals surface area contributed by atoms with Crippen LogP contribution in [0.3, 0.4) is 0 Å². The lowest BCUT2D eigenvalue weighted by molar-refractivity contribution is 0.0358. The van der Waals surface area contributed by atoms with Gasteiger partial charge in [0.2, 0.25) is 5.95 Å². The molecule has 2 fully saturated rings. The van der Waals surface area contributed by atoms with E-state index in [0.717, 1.165) is 80.7 Å². The SMILES string of the molecule is CCOc1ccc2nc(N3CCCC(N(C)CCCN4CCOCC4)CC3)nc(C)c2c1. The summed E-state index contributed by atoms with van der Waals surface area (Å²) in [6.45, 7) is 13.1.